The van der Waals surface area contributed by atoms with Gasteiger partial charge in [-0.25, -0.2) is 4.98 Å². The maximum Gasteiger partial charge on any atom is 0.194 e. The first-order valence-corrected chi connectivity index (χ1v) is 7.56. The van der Waals surface area contributed by atoms with Crippen LogP contribution in [-0.2, 0) is 6.42 Å². The Morgan fingerprint density at radius 1 is 1.32 bits per heavy atom. The monoisotopic (exact) mass is 295 g/mol. The van der Waals surface area contributed by atoms with Crippen molar-refractivity contribution in [3.05, 3.63) is 54.2 Å². The summed E-state index contributed by atoms with van der Waals surface area (Å²) in [5.41, 5.74) is 8.64. The molecule has 1 aromatic heterocycles. The molecular weight excluding hydrogens is 274 g/mol. The topological polar surface area (TPSA) is 66.5 Å². The SMILES string of the molecule is CC1Cc2ccccc2N1CCN=C(N)Nc1ccccn1. The highest BCUT2D eigenvalue weighted by Gasteiger charge is 2.24. The van der Waals surface area contributed by atoms with Gasteiger partial charge in [-0.2, -0.15) is 0 Å². The zero-order chi connectivity index (χ0) is 15.4. The van der Waals surface area contributed by atoms with E-state index in [4.69, 9.17) is 5.73 Å². The predicted molar refractivity (Wildman–Crippen MR) is 91.3 cm³/mol. The van der Waals surface area contributed by atoms with Gasteiger partial charge in [0, 0.05) is 24.5 Å². The van der Waals surface area contributed by atoms with Gasteiger partial charge in [-0.15, -0.1) is 0 Å². The van der Waals surface area contributed by atoms with Gasteiger partial charge in [-0.3, -0.25) is 4.99 Å². The number of nitrogens with one attached hydrogen (secondary N) is 1. The van der Waals surface area contributed by atoms with Crippen LogP contribution in [0.15, 0.2) is 53.7 Å². The molecule has 0 amide bonds. The third kappa shape index (κ3) is 3.19. The minimum Gasteiger partial charge on any atom is -0.370 e. The summed E-state index contributed by atoms with van der Waals surface area (Å²) in [5, 5.41) is 3.00. The van der Waals surface area contributed by atoms with E-state index in [9.17, 15) is 0 Å². The Morgan fingerprint density at radius 2 is 2.14 bits per heavy atom. The van der Waals surface area contributed by atoms with Crippen LogP contribution in [0.25, 0.3) is 0 Å². The van der Waals surface area contributed by atoms with Crippen LogP contribution < -0.4 is 16.0 Å². The number of benzene rings is 1. The van der Waals surface area contributed by atoms with Gasteiger partial charge in [-0.1, -0.05) is 24.3 Å². The first-order valence-electron chi connectivity index (χ1n) is 7.56. The van der Waals surface area contributed by atoms with E-state index in [0.717, 1.165) is 13.0 Å². The molecule has 0 aliphatic carbocycles. The van der Waals surface area contributed by atoms with E-state index >= 15 is 0 Å². The Balaban J connectivity index is 1.58. The molecule has 1 aromatic carbocycles. The van der Waals surface area contributed by atoms with Gasteiger partial charge in [0.2, 0.25) is 0 Å². The maximum absolute atomic E-state index is 5.90. The number of hydrogen-bond acceptors (Lipinski definition) is 3. The lowest BCUT2D eigenvalue weighted by Gasteiger charge is -2.24. The Bertz CT molecular complexity index is 653. The van der Waals surface area contributed by atoms with Gasteiger partial charge < -0.3 is 16.0 Å². The van der Waals surface area contributed by atoms with Crippen LogP contribution in [-0.4, -0.2) is 30.1 Å². The van der Waals surface area contributed by atoms with Crippen LogP contribution in [0.4, 0.5) is 11.5 Å². The third-order valence-corrected chi connectivity index (χ3v) is 3.89. The number of para-hydroxylation sites is 1. The van der Waals surface area contributed by atoms with E-state index in [0.29, 0.717) is 24.4 Å². The second-order valence-electron chi connectivity index (χ2n) is 5.48. The van der Waals surface area contributed by atoms with Gasteiger partial charge in [0.15, 0.2) is 5.96 Å². The summed E-state index contributed by atoms with van der Waals surface area (Å²) in [6.07, 6.45) is 2.82. The second kappa shape index (κ2) is 6.47. The molecule has 0 bridgehead atoms. The number of aromatic nitrogens is 1. The highest BCUT2D eigenvalue weighted by molar-refractivity contribution is 5.91. The smallest absolute Gasteiger partial charge is 0.194 e. The number of pyridine rings is 1. The Hall–Kier alpha value is -2.56. The molecular formula is C17H21N5. The minimum atomic E-state index is 0.402. The number of fused-ring (bicyclic) bond motifs is 1. The molecule has 1 aliphatic rings. The summed E-state index contributed by atoms with van der Waals surface area (Å²) < 4.78 is 0. The van der Waals surface area contributed by atoms with Crippen molar-refractivity contribution in [2.24, 2.45) is 10.7 Å². The first kappa shape index (κ1) is 14.4. The van der Waals surface area contributed by atoms with Crippen LogP contribution in [0.1, 0.15) is 12.5 Å². The number of guanidine groups is 1. The predicted octanol–water partition coefficient (Wildman–Crippen LogP) is 2.26. The number of nitrogens with two attached hydrogens (primary N) is 1. The minimum absolute atomic E-state index is 0.402. The van der Waals surface area contributed by atoms with Gasteiger partial charge in [-0.05, 0) is 37.1 Å². The van der Waals surface area contributed by atoms with E-state index < -0.39 is 0 Å². The molecule has 1 atom stereocenters. The zero-order valence-electron chi connectivity index (χ0n) is 12.7. The molecule has 0 saturated carbocycles. The third-order valence-electron chi connectivity index (χ3n) is 3.89. The summed E-state index contributed by atoms with van der Waals surface area (Å²) in [7, 11) is 0. The number of nitrogens with zero attached hydrogens (tertiary/aromatic N) is 3. The molecule has 3 N–H and O–H groups in total. The van der Waals surface area contributed by atoms with Gasteiger partial charge in [0.25, 0.3) is 0 Å². The molecule has 114 valence electrons. The Morgan fingerprint density at radius 3 is 2.95 bits per heavy atom. The highest BCUT2D eigenvalue weighted by Crippen LogP contribution is 2.31. The van der Waals surface area contributed by atoms with Crippen molar-refractivity contribution in [2.45, 2.75) is 19.4 Å². The lowest BCUT2D eigenvalue weighted by molar-refractivity contribution is 0.674. The zero-order valence-corrected chi connectivity index (χ0v) is 12.7. The van der Waals surface area contributed by atoms with Crippen molar-refractivity contribution in [1.29, 1.82) is 0 Å². The summed E-state index contributed by atoms with van der Waals surface area (Å²) in [5.74, 6) is 1.11. The van der Waals surface area contributed by atoms with E-state index in [-0.39, 0.29) is 0 Å². The number of hydrogen-bond donors (Lipinski definition) is 2. The highest BCUT2D eigenvalue weighted by atomic mass is 15.2. The average molecular weight is 295 g/mol. The molecule has 0 spiro atoms. The van der Waals surface area contributed by atoms with Crippen LogP contribution in [0.2, 0.25) is 0 Å². The van der Waals surface area contributed by atoms with Crippen molar-refractivity contribution in [1.82, 2.24) is 4.98 Å². The second-order valence-corrected chi connectivity index (χ2v) is 5.48. The summed E-state index contributed by atoms with van der Waals surface area (Å²) in [6.45, 7) is 3.77. The van der Waals surface area contributed by atoms with E-state index in [1.54, 1.807) is 6.20 Å². The van der Waals surface area contributed by atoms with E-state index in [1.807, 2.05) is 18.2 Å². The van der Waals surface area contributed by atoms with E-state index in [2.05, 4.69) is 51.4 Å². The van der Waals surface area contributed by atoms with Crippen LogP contribution in [0.3, 0.4) is 0 Å². The quantitative estimate of drug-likeness (QED) is 0.671. The van der Waals surface area contributed by atoms with E-state index in [1.165, 1.54) is 11.3 Å². The van der Waals surface area contributed by atoms with Gasteiger partial charge >= 0.3 is 0 Å². The Kier molecular flexibility index (Phi) is 4.23. The number of rotatable bonds is 4. The van der Waals surface area contributed by atoms with Crippen molar-refractivity contribution < 1.29 is 0 Å². The molecule has 0 saturated heterocycles. The van der Waals surface area contributed by atoms with Crippen LogP contribution >= 0.6 is 0 Å². The lowest BCUT2D eigenvalue weighted by atomic mass is 10.1. The van der Waals surface area contributed by atoms with Gasteiger partial charge in [0.05, 0.1) is 6.54 Å². The van der Waals surface area contributed by atoms with Crippen molar-refractivity contribution >= 4 is 17.5 Å². The van der Waals surface area contributed by atoms with Crippen molar-refractivity contribution in [3.63, 3.8) is 0 Å². The maximum atomic E-state index is 5.90. The average Bonchev–Trinajstić information content (AvgIpc) is 2.84. The fourth-order valence-electron chi connectivity index (χ4n) is 2.86. The standard InChI is InChI=1S/C17H21N5/c1-13-12-14-6-2-3-7-15(14)22(13)11-10-20-17(18)21-16-8-4-5-9-19-16/h2-9,13H,10-12H2,1H3,(H3,18,19,20,21). The molecule has 22 heavy (non-hydrogen) atoms. The number of aliphatic imine (C=N–C) groups is 1. The molecule has 5 heteroatoms. The molecule has 2 heterocycles. The summed E-state index contributed by atoms with van der Waals surface area (Å²) in [4.78, 5) is 11.0. The number of anilines is 2. The fourth-order valence-corrected chi connectivity index (χ4v) is 2.86. The normalized spacial score (nSPS) is 17.4. The van der Waals surface area contributed by atoms with Crippen LogP contribution in [0.5, 0.6) is 0 Å². The molecule has 3 rings (SSSR count). The molecule has 2 aromatic rings. The van der Waals surface area contributed by atoms with Crippen molar-refractivity contribution in [2.75, 3.05) is 23.3 Å². The van der Waals surface area contributed by atoms with Crippen LogP contribution in [0, 0.1) is 0 Å². The molecule has 0 fully saturated rings. The lowest BCUT2D eigenvalue weighted by Crippen LogP contribution is -2.32. The van der Waals surface area contributed by atoms with Gasteiger partial charge in [0.1, 0.15) is 5.82 Å². The largest absolute Gasteiger partial charge is 0.370 e. The summed E-state index contributed by atoms with van der Waals surface area (Å²) in [6, 6.07) is 14.7. The molecule has 1 aliphatic heterocycles. The molecule has 0 radical (unpaired) electrons. The Labute approximate surface area is 130 Å². The first-order chi connectivity index (χ1) is 10.7. The molecule has 5 nitrogen and oxygen atoms in total. The van der Waals surface area contributed by atoms with Crippen molar-refractivity contribution in [3.8, 4) is 0 Å². The fraction of sp³-hybridized carbons (Fsp3) is 0.294. The molecule has 1 unspecified atom stereocenters. The summed E-state index contributed by atoms with van der Waals surface area (Å²) >= 11 is 0.